The number of anilines is 3. The molecule has 0 radical (unpaired) electrons. The second kappa shape index (κ2) is 12.9. The Morgan fingerprint density at radius 2 is 1.87 bits per heavy atom. The lowest BCUT2D eigenvalue weighted by molar-refractivity contribution is -0.138. The predicted octanol–water partition coefficient (Wildman–Crippen LogP) is 5.93. The minimum absolute atomic E-state index is 0.0763. The van der Waals surface area contributed by atoms with E-state index < -0.39 is 17.6 Å². The highest BCUT2D eigenvalue weighted by Gasteiger charge is 2.34. The maximum atomic E-state index is 14.1. The molecule has 9 nitrogen and oxygen atoms in total. The number of halogens is 3. The SMILES string of the molecule is Cc1ccc(C(=O)Nc2ccc(CN3CCN(C)[C@@H](C)C3)c(C(F)(F)F)c2)cc1C#Cc1cnc2c(Nc3cnn(C)c3)cccn12. The molecule has 12 heteroatoms. The minimum atomic E-state index is -4.56. The van der Waals surface area contributed by atoms with Gasteiger partial charge >= 0.3 is 6.18 Å². The first-order valence-corrected chi connectivity index (χ1v) is 15.2. The lowest BCUT2D eigenvalue weighted by atomic mass is 10.0. The molecule has 242 valence electrons. The van der Waals surface area contributed by atoms with E-state index in [1.165, 1.54) is 12.1 Å². The monoisotopic (exact) mass is 640 g/mol. The number of imidazole rings is 1. The Morgan fingerprint density at radius 3 is 2.62 bits per heavy atom. The van der Waals surface area contributed by atoms with Crippen LogP contribution in [0.25, 0.3) is 5.65 Å². The van der Waals surface area contributed by atoms with Crippen LogP contribution in [0, 0.1) is 18.8 Å². The summed E-state index contributed by atoms with van der Waals surface area (Å²) < 4.78 is 46.0. The van der Waals surface area contributed by atoms with Crippen molar-refractivity contribution in [3.63, 3.8) is 0 Å². The number of hydrogen-bond acceptors (Lipinski definition) is 6. The summed E-state index contributed by atoms with van der Waals surface area (Å²) in [6.45, 7) is 6.31. The normalized spacial score (nSPS) is 15.8. The molecule has 1 aliphatic rings. The number of pyridine rings is 1. The number of alkyl halides is 3. The summed E-state index contributed by atoms with van der Waals surface area (Å²) in [6.07, 6.45) is 2.56. The Bertz CT molecular complexity index is 2000. The number of carbonyl (C=O) groups is 1. The van der Waals surface area contributed by atoms with Crippen LogP contribution < -0.4 is 10.6 Å². The molecule has 1 aliphatic heterocycles. The minimum Gasteiger partial charge on any atom is -0.350 e. The van der Waals surface area contributed by atoms with Gasteiger partial charge in [0.25, 0.3) is 5.91 Å². The van der Waals surface area contributed by atoms with Gasteiger partial charge in [-0.2, -0.15) is 18.3 Å². The molecule has 4 heterocycles. The summed E-state index contributed by atoms with van der Waals surface area (Å²) in [7, 11) is 3.86. The molecular formula is C35H35F3N8O. The highest BCUT2D eigenvalue weighted by molar-refractivity contribution is 6.04. The van der Waals surface area contributed by atoms with Gasteiger partial charge in [-0.05, 0) is 74.3 Å². The first-order valence-electron chi connectivity index (χ1n) is 15.2. The summed E-state index contributed by atoms with van der Waals surface area (Å²) >= 11 is 0. The highest BCUT2D eigenvalue weighted by Crippen LogP contribution is 2.35. The molecular weight excluding hydrogens is 605 g/mol. The van der Waals surface area contributed by atoms with E-state index in [0.717, 1.165) is 29.5 Å². The van der Waals surface area contributed by atoms with Crippen LogP contribution in [0.15, 0.2) is 73.3 Å². The van der Waals surface area contributed by atoms with Crippen LogP contribution in [0.3, 0.4) is 0 Å². The molecule has 5 aromatic rings. The summed E-state index contributed by atoms with van der Waals surface area (Å²) in [5.41, 5.74) is 4.22. The van der Waals surface area contributed by atoms with E-state index in [9.17, 15) is 18.0 Å². The molecule has 1 saturated heterocycles. The van der Waals surface area contributed by atoms with Gasteiger partial charge in [-0.1, -0.05) is 18.1 Å². The number of nitrogens with zero attached hydrogens (tertiary/aromatic N) is 6. The van der Waals surface area contributed by atoms with E-state index in [-0.39, 0.29) is 29.4 Å². The number of piperazine rings is 1. The van der Waals surface area contributed by atoms with Crippen LogP contribution in [-0.2, 0) is 19.8 Å². The molecule has 1 fully saturated rings. The second-order valence-electron chi connectivity index (χ2n) is 12.0. The van der Waals surface area contributed by atoms with E-state index in [0.29, 0.717) is 30.0 Å². The van der Waals surface area contributed by atoms with Crippen LogP contribution in [-0.4, -0.2) is 67.6 Å². The second-order valence-corrected chi connectivity index (χ2v) is 12.0. The zero-order valence-electron chi connectivity index (χ0n) is 26.6. The molecule has 0 saturated carbocycles. The standard InChI is InChI=1S/C35H35F3N8O/c1-23-7-8-26(16-25(23)10-12-30-19-39-33-32(6-5-13-46(30)33)41-29-18-40-44(4)22-29)34(47)42-28-11-9-27(31(17-28)35(36,37)38)21-45-15-14-43(3)24(2)20-45/h5-9,11,13,16-19,22,24,41H,14-15,20-21H2,1-4H3,(H,42,47)/t24-/m0/s1. The number of likely N-dealkylation sites (N-methyl/N-ethyl adjacent to an activating group) is 1. The number of carbonyl (C=O) groups excluding carboxylic acids is 1. The predicted molar refractivity (Wildman–Crippen MR) is 176 cm³/mol. The van der Waals surface area contributed by atoms with Gasteiger partial charge in [-0.15, -0.1) is 0 Å². The first-order chi connectivity index (χ1) is 22.4. The molecule has 47 heavy (non-hydrogen) atoms. The number of hydrogen-bond donors (Lipinski definition) is 2. The molecule has 2 N–H and O–H groups in total. The van der Waals surface area contributed by atoms with Crippen molar-refractivity contribution in [2.24, 2.45) is 7.05 Å². The fraction of sp³-hybridized carbons (Fsp3) is 0.286. The van der Waals surface area contributed by atoms with Gasteiger partial charge in [-0.3, -0.25) is 18.8 Å². The molecule has 3 aromatic heterocycles. The van der Waals surface area contributed by atoms with Crippen LogP contribution >= 0.6 is 0 Å². The Labute approximate surface area is 271 Å². The van der Waals surface area contributed by atoms with E-state index in [4.69, 9.17) is 0 Å². The quantitative estimate of drug-likeness (QED) is 0.224. The van der Waals surface area contributed by atoms with Gasteiger partial charge in [0.15, 0.2) is 5.65 Å². The Balaban J connectivity index is 1.20. The molecule has 6 rings (SSSR count). The number of rotatable bonds is 6. The van der Waals surface area contributed by atoms with E-state index in [2.05, 4.69) is 44.4 Å². The Morgan fingerprint density at radius 1 is 1.04 bits per heavy atom. The third-order valence-electron chi connectivity index (χ3n) is 8.46. The van der Waals surface area contributed by atoms with Gasteiger partial charge in [0.05, 0.1) is 29.3 Å². The van der Waals surface area contributed by atoms with Gasteiger partial charge in [0.2, 0.25) is 0 Å². The maximum Gasteiger partial charge on any atom is 0.416 e. The summed E-state index contributed by atoms with van der Waals surface area (Å²) in [5.74, 6) is 5.76. The first kappa shape index (κ1) is 31.8. The number of fused-ring (bicyclic) bond motifs is 1. The number of amides is 1. The molecule has 0 unspecified atom stereocenters. The zero-order valence-corrected chi connectivity index (χ0v) is 26.6. The van der Waals surface area contributed by atoms with Crippen LogP contribution in [0.2, 0.25) is 0 Å². The van der Waals surface area contributed by atoms with Crippen molar-refractivity contribution in [1.82, 2.24) is 29.0 Å². The van der Waals surface area contributed by atoms with Crippen molar-refractivity contribution in [1.29, 1.82) is 0 Å². The lowest BCUT2D eigenvalue weighted by Crippen LogP contribution is -2.49. The highest BCUT2D eigenvalue weighted by atomic mass is 19.4. The average Bonchev–Trinajstić information content (AvgIpc) is 3.64. The Hall–Kier alpha value is -5.12. The van der Waals surface area contributed by atoms with Gasteiger partial charge in [-0.25, -0.2) is 4.98 Å². The van der Waals surface area contributed by atoms with Crippen molar-refractivity contribution in [2.75, 3.05) is 37.3 Å². The van der Waals surface area contributed by atoms with Crippen LogP contribution in [0.1, 0.15) is 45.2 Å². The van der Waals surface area contributed by atoms with Gasteiger partial charge in [0, 0.05) is 68.5 Å². The molecule has 0 spiro atoms. The van der Waals surface area contributed by atoms with Gasteiger partial charge in [0.1, 0.15) is 5.69 Å². The number of nitrogens with one attached hydrogen (secondary N) is 2. The molecule has 0 aliphatic carbocycles. The molecule has 1 atom stereocenters. The van der Waals surface area contributed by atoms with Gasteiger partial charge < -0.3 is 15.5 Å². The van der Waals surface area contributed by atoms with Crippen molar-refractivity contribution in [3.8, 4) is 11.8 Å². The number of benzene rings is 2. The molecule has 2 aromatic carbocycles. The third-order valence-corrected chi connectivity index (χ3v) is 8.46. The zero-order chi connectivity index (χ0) is 33.3. The summed E-state index contributed by atoms with van der Waals surface area (Å²) in [6, 6.07) is 13.1. The van der Waals surface area contributed by atoms with Crippen molar-refractivity contribution >= 4 is 28.6 Å². The van der Waals surface area contributed by atoms with Crippen molar-refractivity contribution in [2.45, 2.75) is 32.6 Å². The van der Waals surface area contributed by atoms with Crippen LogP contribution in [0.4, 0.5) is 30.2 Å². The van der Waals surface area contributed by atoms with Crippen molar-refractivity contribution in [3.05, 3.63) is 107 Å². The summed E-state index contributed by atoms with van der Waals surface area (Å²) in [4.78, 5) is 22.0. The van der Waals surface area contributed by atoms with E-state index in [1.807, 2.05) is 54.8 Å². The van der Waals surface area contributed by atoms with Crippen molar-refractivity contribution < 1.29 is 18.0 Å². The number of aromatic nitrogens is 4. The summed E-state index contributed by atoms with van der Waals surface area (Å²) in [5, 5.41) is 10.1. The smallest absolute Gasteiger partial charge is 0.350 e. The topological polar surface area (TPSA) is 82.7 Å². The number of aryl methyl sites for hydroxylation is 2. The largest absolute Gasteiger partial charge is 0.416 e. The Kier molecular flexibility index (Phi) is 8.77. The molecule has 0 bridgehead atoms. The fourth-order valence-corrected chi connectivity index (χ4v) is 5.64. The van der Waals surface area contributed by atoms with Crippen LogP contribution in [0.5, 0.6) is 0 Å². The van der Waals surface area contributed by atoms with E-state index >= 15 is 0 Å². The lowest BCUT2D eigenvalue weighted by Gasteiger charge is -2.38. The fourth-order valence-electron chi connectivity index (χ4n) is 5.64. The molecule has 1 amide bonds. The third kappa shape index (κ3) is 7.16. The average molecular weight is 641 g/mol. The maximum absolute atomic E-state index is 14.1. The van der Waals surface area contributed by atoms with E-state index in [1.54, 1.807) is 35.3 Å².